The van der Waals surface area contributed by atoms with Gasteiger partial charge in [0.15, 0.2) is 0 Å². The van der Waals surface area contributed by atoms with Crippen molar-refractivity contribution >= 4 is 5.69 Å². The van der Waals surface area contributed by atoms with E-state index in [9.17, 15) is 0 Å². The van der Waals surface area contributed by atoms with Crippen molar-refractivity contribution in [3.05, 3.63) is 29.3 Å². The van der Waals surface area contributed by atoms with Gasteiger partial charge in [-0.05, 0) is 56.7 Å². The number of piperidine rings is 1. The fourth-order valence-corrected chi connectivity index (χ4v) is 3.37. The number of benzene rings is 1. The Kier molecular flexibility index (Phi) is 6.10. The van der Waals surface area contributed by atoms with E-state index >= 15 is 0 Å². The minimum absolute atomic E-state index is 0.705. The number of hydrogen-bond acceptors (Lipinski definition) is 2. The molecule has 1 aromatic carbocycles. The van der Waals surface area contributed by atoms with Crippen LogP contribution in [0.15, 0.2) is 18.2 Å². The lowest BCUT2D eigenvalue weighted by Crippen LogP contribution is -2.40. The summed E-state index contributed by atoms with van der Waals surface area (Å²) in [6, 6.07) is 7.70. The van der Waals surface area contributed by atoms with Gasteiger partial charge >= 0.3 is 0 Å². The van der Waals surface area contributed by atoms with E-state index in [-0.39, 0.29) is 0 Å². The van der Waals surface area contributed by atoms with Gasteiger partial charge in [-0.2, -0.15) is 0 Å². The molecule has 2 nitrogen and oxygen atoms in total. The van der Waals surface area contributed by atoms with E-state index in [0.717, 1.165) is 19.1 Å². The molecule has 0 radical (unpaired) electrons. The van der Waals surface area contributed by atoms with E-state index < -0.39 is 0 Å². The van der Waals surface area contributed by atoms with Crippen LogP contribution in [0.1, 0.15) is 57.6 Å². The third-order valence-corrected chi connectivity index (χ3v) is 4.51. The van der Waals surface area contributed by atoms with Crippen molar-refractivity contribution in [2.24, 2.45) is 5.92 Å². The lowest BCUT2D eigenvalue weighted by molar-refractivity contribution is 0.448. The van der Waals surface area contributed by atoms with Crippen molar-refractivity contribution < 1.29 is 0 Å². The highest BCUT2D eigenvalue weighted by atomic mass is 15.2. The average Bonchev–Trinajstić information content (AvgIpc) is 2.47. The Morgan fingerprint density at radius 3 is 2.81 bits per heavy atom. The van der Waals surface area contributed by atoms with E-state index in [1.807, 2.05) is 0 Å². The molecule has 118 valence electrons. The number of nitrogens with zero attached hydrogens (tertiary/aromatic N) is 1. The Morgan fingerprint density at radius 2 is 2.10 bits per heavy atom. The average molecular weight is 288 g/mol. The first-order chi connectivity index (χ1) is 10.1. The van der Waals surface area contributed by atoms with Gasteiger partial charge in [-0.1, -0.05) is 38.5 Å². The number of aryl methyl sites for hydroxylation is 1. The monoisotopic (exact) mass is 288 g/mol. The van der Waals surface area contributed by atoms with Gasteiger partial charge in [0.05, 0.1) is 0 Å². The summed E-state index contributed by atoms with van der Waals surface area (Å²) in [7, 11) is 0. The van der Waals surface area contributed by atoms with Crippen LogP contribution in [0.5, 0.6) is 0 Å². The smallest absolute Gasteiger partial charge is 0.0414 e. The highest BCUT2D eigenvalue weighted by Gasteiger charge is 2.22. The third-order valence-electron chi connectivity index (χ3n) is 4.51. The maximum Gasteiger partial charge on any atom is 0.0414 e. The molecule has 0 spiro atoms. The predicted molar refractivity (Wildman–Crippen MR) is 93.0 cm³/mol. The number of anilines is 1. The summed E-state index contributed by atoms with van der Waals surface area (Å²) in [4.78, 5) is 2.66. The van der Waals surface area contributed by atoms with Crippen LogP contribution in [-0.4, -0.2) is 19.1 Å². The highest BCUT2D eigenvalue weighted by molar-refractivity contribution is 5.56. The summed E-state index contributed by atoms with van der Waals surface area (Å²) >= 11 is 0. The van der Waals surface area contributed by atoms with Gasteiger partial charge in [0.1, 0.15) is 0 Å². The van der Waals surface area contributed by atoms with Gasteiger partial charge in [-0.15, -0.1) is 0 Å². The first kappa shape index (κ1) is 16.4. The fraction of sp³-hybridized carbons (Fsp3) is 0.684. The maximum absolute atomic E-state index is 3.61. The summed E-state index contributed by atoms with van der Waals surface area (Å²) in [5.41, 5.74) is 4.30. The van der Waals surface area contributed by atoms with Crippen LogP contribution in [0.2, 0.25) is 0 Å². The van der Waals surface area contributed by atoms with E-state index in [0.29, 0.717) is 5.92 Å². The summed E-state index contributed by atoms with van der Waals surface area (Å²) in [5.74, 6) is 0.705. The molecule has 0 saturated carbocycles. The molecule has 1 saturated heterocycles. The topological polar surface area (TPSA) is 15.3 Å². The third kappa shape index (κ3) is 4.47. The minimum Gasteiger partial charge on any atom is -0.368 e. The van der Waals surface area contributed by atoms with Crippen LogP contribution in [0.4, 0.5) is 5.69 Å². The van der Waals surface area contributed by atoms with Crippen LogP contribution in [-0.2, 0) is 6.54 Å². The van der Waals surface area contributed by atoms with Gasteiger partial charge < -0.3 is 10.2 Å². The first-order valence-corrected chi connectivity index (χ1v) is 8.68. The maximum atomic E-state index is 3.61. The molecule has 2 rings (SSSR count). The summed E-state index contributed by atoms with van der Waals surface area (Å²) in [6.07, 6.45) is 5.33. The van der Waals surface area contributed by atoms with E-state index in [1.54, 1.807) is 0 Å². The molecule has 1 aliphatic rings. The van der Waals surface area contributed by atoms with Crippen molar-refractivity contribution in [3.63, 3.8) is 0 Å². The molecule has 0 bridgehead atoms. The second kappa shape index (κ2) is 7.84. The zero-order valence-electron chi connectivity index (χ0n) is 14.3. The molecule has 1 N–H and O–H groups in total. The molecule has 1 unspecified atom stereocenters. The van der Waals surface area contributed by atoms with Gasteiger partial charge in [-0.25, -0.2) is 0 Å². The van der Waals surface area contributed by atoms with Crippen LogP contribution in [0.3, 0.4) is 0 Å². The van der Waals surface area contributed by atoms with Gasteiger partial charge in [0.25, 0.3) is 0 Å². The molecule has 1 aromatic rings. The SMILES string of the molecule is CCC1CCCCN1c1ccc(C)cc1CNCC(C)C. The lowest BCUT2D eigenvalue weighted by atomic mass is 9.97. The van der Waals surface area contributed by atoms with Crippen LogP contribution in [0, 0.1) is 12.8 Å². The number of nitrogens with one attached hydrogen (secondary N) is 1. The summed E-state index contributed by atoms with van der Waals surface area (Å²) in [6.45, 7) is 12.4. The Balaban J connectivity index is 2.16. The molecular formula is C19H32N2. The molecular weight excluding hydrogens is 256 g/mol. The van der Waals surface area contributed by atoms with Crippen LogP contribution < -0.4 is 10.2 Å². The normalized spacial score (nSPS) is 19.3. The van der Waals surface area contributed by atoms with Gasteiger partial charge in [0.2, 0.25) is 0 Å². The Hall–Kier alpha value is -1.02. The van der Waals surface area contributed by atoms with Crippen molar-refractivity contribution in [3.8, 4) is 0 Å². The van der Waals surface area contributed by atoms with E-state index in [4.69, 9.17) is 0 Å². The van der Waals surface area contributed by atoms with Crippen molar-refractivity contribution in [1.82, 2.24) is 5.32 Å². The van der Waals surface area contributed by atoms with Crippen LogP contribution >= 0.6 is 0 Å². The molecule has 1 atom stereocenters. The van der Waals surface area contributed by atoms with Crippen molar-refractivity contribution in [2.75, 3.05) is 18.0 Å². The Morgan fingerprint density at radius 1 is 1.29 bits per heavy atom. The summed E-state index contributed by atoms with van der Waals surface area (Å²) in [5, 5.41) is 3.61. The highest BCUT2D eigenvalue weighted by Crippen LogP contribution is 2.30. The molecule has 1 heterocycles. The first-order valence-electron chi connectivity index (χ1n) is 8.68. The van der Waals surface area contributed by atoms with Crippen molar-refractivity contribution in [2.45, 2.75) is 66.0 Å². The minimum atomic E-state index is 0.705. The molecule has 0 aromatic heterocycles. The second-order valence-electron chi connectivity index (χ2n) is 6.91. The molecule has 0 amide bonds. The van der Waals surface area contributed by atoms with Gasteiger partial charge in [0, 0.05) is 24.8 Å². The number of hydrogen-bond donors (Lipinski definition) is 1. The lowest BCUT2D eigenvalue weighted by Gasteiger charge is -2.38. The second-order valence-corrected chi connectivity index (χ2v) is 6.91. The Labute approximate surface area is 130 Å². The predicted octanol–water partition coefficient (Wildman–Crippen LogP) is 4.51. The number of rotatable bonds is 6. The zero-order chi connectivity index (χ0) is 15.2. The van der Waals surface area contributed by atoms with Crippen LogP contribution in [0.25, 0.3) is 0 Å². The van der Waals surface area contributed by atoms with E-state index in [1.165, 1.54) is 49.0 Å². The standard InChI is InChI=1S/C19H32N2/c1-5-18-8-6-7-11-21(18)19-10-9-16(4)12-17(19)14-20-13-15(2)3/h9-10,12,15,18,20H,5-8,11,13-14H2,1-4H3. The summed E-state index contributed by atoms with van der Waals surface area (Å²) < 4.78 is 0. The quantitative estimate of drug-likeness (QED) is 0.828. The zero-order valence-corrected chi connectivity index (χ0v) is 14.3. The molecule has 21 heavy (non-hydrogen) atoms. The Bertz CT molecular complexity index is 439. The fourth-order valence-electron chi connectivity index (χ4n) is 3.37. The van der Waals surface area contributed by atoms with Gasteiger partial charge in [-0.3, -0.25) is 0 Å². The largest absolute Gasteiger partial charge is 0.368 e. The molecule has 1 fully saturated rings. The molecule has 0 aliphatic carbocycles. The van der Waals surface area contributed by atoms with Crippen molar-refractivity contribution in [1.29, 1.82) is 0 Å². The molecule has 2 heteroatoms. The van der Waals surface area contributed by atoms with E-state index in [2.05, 4.69) is 56.1 Å². The molecule has 1 aliphatic heterocycles.